The van der Waals surface area contributed by atoms with Crippen molar-refractivity contribution in [1.82, 2.24) is 0 Å². The van der Waals surface area contributed by atoms with Crippen LogP contribution in [0.4, 0.5) is 0 Å². The predicted octanol–water partition coefficient (Wildman–Crippen LogP) is 8.04. The van der Waals surface area contributed by atoms with E-state index in [1.807, 2.05) is 0 Å². The van der Waals surface area contributed by atoms with E-state index in [-0.39, 0.29) is 33.9 Å². The summed E-state index contributed by atoms with van der Waals surface area (Å²) in [5.41, 5.74) is 2.95. The SMILES string of the molecule is CCO[C@H]1C=C2[C@@H]3[C@@H](C)[C@H](C)CC[C@]3(C)CC[C@@]2(C)[C@]2(C)CC[C@@H]3C(C)(C)[C@@H](O)CC[C@]3(C)[C@H]12. The third-order valence-corrected chi connectivity index (χ3v) is 13.7. The molecule has 5 aliphatic carbocycles. The van der Waals surface area contributed by atoms with Gasteiger partial charge in [-0.1, -0.05) is 67.0 Å². The Balaban J connectivity index is 1.67. The quantitative estimate of drug-likeness (QED) is 0.414. The molecular weight excluding hydrogens is 416 g/mol. The van der Waals surface area contributed by atoms with Gasteiger partial charge in [-0.15, -0.1) is 0 Å². The van der Waals surface area contributed by atoms with Crippen molar-refractivity contribution in [1.29, 1.82) is 0 Å². The Labute approximate surface area is 210 Å². The van der Waals surface area contributed by atoms with Gasteiger partial charge >= 0.3 is 0 Å². The summed E-state index contributed by atoms with van der Waals surface area (Å²) in [6.07, 6.45) is 12.9. The lowest BCUT2D eigenvalue weighted by Gasteiger charge is -2.72. The molecule has 2 nitrogen and oxygen atoms in total. The normalized spacial score (nSPS) is 56.4. The van der Waals surface area contributed by atoms with Crippen LogP contribution in [0.25, 0.3) is 0 Å². The monoisotopic (exact) mass is 470 g/mol. The van der Waals surface area contributed by atoms with E-state index >= 15 is 0 Å². The minimum atomic E-state index is -0.175. The van der Waals surface area contributed by atoms with Crippen LogP contribution in [0.5, 0.6) is 0 Å². The van der Waals surface area contributed by atoms with E-state index in [0.717, 1.165) is 31.3 Å². The minimum Gasteiger partial charge on any atom is -0.393 e. The molecule has 0 aromatic heterocycles. The van der Waals surface area contributed by atoms with Gasteiger partial charge < -0.3 is 9.84 Å². The first-order chi connectivity index (χ1) is 15.8. The highest BCUT2D eigenvalue weighted by atomic mass is 16.5. The van der Waals surface area contributed by atoms with Crippen LogP contribution in [0.2, 0.25) is 0 Å². The first kappa shape index (κ1) is 25.3. The average molecular weight is 471 g/mol. The van der Waals surface area contributed by atoms with Gasteiger partial charge in [-0.3, -0.25) is 0 Å². The van der Waals surface area contributed by atoms with Gasteiger partial charge in [-0.2, -0.15) is 0 Å². The molecule has 0 aromatic carbocycles. The number of hydrogen-bond acceptors (Lipinski definition) is 2. The second kappa shape index (κ2) is 7.83. The van der Waals surface area contributed by atoms with Crippen molar-refractivity contribution in [3.63, 3.8) is 0 Å². The first-order valence-corrected chi connectivity index (χ1v) is 14.8. The van der Waals surface area contributed by atoms with Gasteiger partial charge in [0.1, 0.15) is 0 Å². The summed E-state index contributed by atoms with van der Waals surface area (Å²) in [4.78, 5) is 0. The van der Waals surface area contributed by atoms with Crippen LogP contribution in [0, 0.1) is 56.7 Å². The molecule has 0 amide bonds. The van der Waals surface area contributed by atoms with Crippen LogP contribution in [0.3, 0.4) is 0 Å². The standard InChI is InChI=1S/C32H54O2/c1-10-34-23-19-22-26-21(3)20(2)11-14-29(26,6)17-18-31(22,8)32(9)16-12-24-28(4,5)25(33)13-15-30(24,7)27(23)32/h19-21,23-27,33H,10-18H2,1-9H3/t20-,21+,23+,24-,25+,26+,27+,29-,30+,31-,32-/m1/s1. The van der Waals surface area contributed by atoms with Gasteiger partial charge in [0.15, 0.2) is 0 Å². The molecular formula is C32H54O2. The summed E-state index contributed by atoms with van der Waals surface area (Å²) in [7, 11) is 0. The van der Waals surface area contributed by atoms with Gasteiger partial charge in [0.05, 0.1) is 12.2 Å². The highest BCUT2D eigenvalue weighted by molar-refractivity contribution is 5.36. The van der Waals surface area contributed by atoms with E-state index in [9.17, 15) is 5.11 Å². The number of ether oxygens (including phenoxy) is 1. The molecule has 0 unspecified atom stereocenters. The summed E-state index contributed by atoms with van der Waals surface area (Å²) in [6, 6.07) is 0. The molecule has 4 saturated carbocycles. The Morgan fingerprint density at radius 1 is 0.912 bits per heavy atom. The largest absolute Gasteiger partial charge is 0.393 e. The van der Waals surface area contributed by atoms with E-state index in [2.05, 4.69) is 68.4 Å². The third kappa shape index (κ3) is 3.06. The lowest BCUT2D eigenvalue weighted by atomic mass is 9.33. The second-order valence-corrected chi connectivity index (χ2v) is 15.2. The fraction of sp³-hybridized carbons (Fsp3) is 0.938. The predicted molar refractivity (Wildman–Crippen MR) is 141 cm³/mol. The minimum absolute atomic E-state index is 0.0194. The van der Waals surface area contributed by atoms with Crippen molar-refractivity contribution in [2.75, 3.05) is 6.61 Å². The molecule has 5 rings (SSSR count). The third-order valence-electron chi connectivity index (χ3n) is 13.7. The van der Waals surface area contributed by atoms with Crippen LogP contribution in [-0.2, 0) is 4.74 Å². The molecule has 34 heavy (non-hydrogen) atoms. The zero-order chi connectivity index (χ0) is 24.9. The second-order valence-electron chi connectivity index (χ2n) is 15.2. The number of aliphatic hydroxyl groups is 1. The first-order valence-electron chi connectivity index (χ1n) is 14.8. The summed E-state index contributed by atoms with van der Waals surface area (Å²) >= 11 is 0. The molecule has 2 heteroatoms. The maximum Gasteiger partial charge on any atom is 0.0797 e. The van der Waals surface area contributed by atoms with Crippen LogP contribution in [0.15, 0.2) is 11.6 Å². The van der Waals surface area contributed by atoms with Crippen molar-refractivity contribution in [2.45, 2.75) is 126 Å². The number of allylic oxidation sites excluding steroid dienone is 1. The Bertz CT molecular complexity index is 844. The van der Waals surface area contributed by atoms with Gasteiger partial charge in [-0.25, -0.2) is 0 Å². The lowest BCUT2D eigenvalue weighted by Crippen LogP contribution is -2.67. The Morgan fingerprint density at radius 2 is 1.62 bits per heavy atom. The number of hydrogen-bond donors (Lipinski definition) is 1. The molecule has 0 spiro atoms. The van der Waals surface area contributed by atoms with Crippen LogP contribution in [0.1, 0.15) is 114 Å². The summed E-state index contributed by atoms with van der Waals surface area (Å²) in [5, 5.41) is 11.0. The van der Waals surface area contributed by atoms with Crippen LogP contribution in [-0.4, -0.2) is 23.9 Å². The Morgan fingerprint density at radius 3 is 2.29 bits per heavy atom. The molecule has 1 N–H and O–H groups in total. The molecule has 11 atom stereocenters. The van der Waals surface area contributed by atoms with E-state index in [1.54, 1.807) is 5.57 Å². The zero-order valence-electron chi connectivity index (χ0n) is 23.8. The highest BCUT2D eigenvalue weighted by Crippen LogP contribution is 2.75. The zero-order valence-corrected chi connectivity index (χ0v) is 23.8. The van der Waals surface area contributed by atoms with Gasteiger partial charge in [-0.05, 0) is 109 Å². The molecule has 5 aliphatic rings. The maximum absolute atomic E-state index is 11.0. The Kier molecular flexibility index (Phi) is 5.83. The van der Waals surface area contributed by atoms with Gasteiger partial charge in [0.25, 0.3) is 0 Å². The van der Waals surface area contributed by atoms with Crippen molar-refractivity contribution < 1.29 is 9.84 Å². The van der Waals surface area contributed by atoms with Crippen LogP contribution < -0.4 is 0 Å². The van der Waals surface area contributed by atoms with Gasteiger partial charge in [0.2, 0.25) is 0 Å². The molecule has 194 valence electrons. The van der Waals surface area contributed by atoms with E-state index in [0.29, 0.717) is 23.2 Å². The lowest BCUT2D eigenvalue weighted by molar-refractivity contribution is -0.231. The highest BCUT2D eigenvalue weighted by Gasteiger charge is 2.70. The van der Waals surface area contributed by atoms with Crippen molar-refractivity contribution in [3.8, 4) is 0 Å². The number of aliphatic hydroxyl groups excluding tert-OH is 1. The van der Waals surface area contributed by atoms with Gasteiger partial charge in [0, 0.05) is 12.5 Å². The molecule has 0 aromatic rings. The molecule has 4 fully saturated rings. The van der Waals surface area contributed by atoms with E-state index in [4.69, 9.17) is 4.74 Å². The molecule has 0 saturated heterocycles. The topological polar surface area (TPSA) is 29.5 Å². The maximum atomic E-state index is 11.0. The van der Waals surface area contributed by atoms with E-state index < -0.39 is 0 Å². The smallest absolute Gasteiger partial charge is 0.0797 e. The summed E-state index contributed by atoms with van der Waals surface area (Å²) in [6.45, 7) is 23.3. The number of rotatable bonds is 2. The summed E-state index contributed by atoms with van der Waals surface area (Å²) in [5.74, 6) is 3.35. The van der Waals surface area contributed by atoms with E-state index in [1.165, 1.54) is 38.5 Å². The van der Waals surface area contributed by atoms with Crippen molar-refractivity contribution >= 4 is 0 Å². The van der Waals surface area contributed by atoms with Crippen molar-refractivity contribution in [3.05, 3.63) is 11.6 Å². The Hall–Kier alpha value is -0.340. The fourth-order valence-corrected chi connectivity index (χ4v) is 11.2. The molecule has 0 radical (unpaired) electrons. The molecule has 0 heterocycles. The fourth-order valence-electron chi connectivity index (χ4n) is 11.2. The van der Waals surface area contributed by atoms with Crippen molar-refractivity contribution in [2.24, 2.45) is 56.7 Å². The summed E-state index contributed by atoms with van der Waals surface area (Å²) < 4.78 is 6.76. The molecule has 0 aliphatic heterocycles. The average Bonchev–Trinajstić information content (AvgIpc) is 2.76. The molecule has 0 bridgehead atoms. The van der Waals surface area contributed by atoms with Crippen LogP contribution >= 0.6 is 0 Å². The number of fused-ring (bicyclic) bond motifs is 7.